The SMILES string of the molecule is CCc1cc(C(C)C)nc(CNC2CC2)n1. The number of hydrogen-bond acceptors (Lipinski definition) is 3. The summed E-state index contributed by atoms with van der Waals surface area (Å²) in [6.45, 7) is 7.32. The van der Waals surface area contributed by atoms with Crippen LogP contribution in [-0.4, -0.2) is 16.0 Å². The summed E-state index contributed by atoms with van der Waals surface area (Å²) in [5.74, 6) is 1.43. The maximum absolute atomic E-state index is 4.61. The molecule has 1 aromatic rings. The maximum Gasteiger partial charge on any atom is 0.142 e. The van der Waals surface area contributed by atoms with Gasteiger partial charge in [0.2, 0.25) is 0 Å². The van der Waals surface area contributed by atoms with Crippen LogP contribution in [-0.2, 0) is 13.0 Å². The highest BCUT2D eigenvalue weighted by Gasteiger charge is 2.20. The van der Waals surface area contributed by atoms with Gasteiger partial charge in [0.1, 0.15) is 5.82 Å². The Hall–Kier alpha value is -0.960. The molecule has 88 valence electrons. The van der Waals surface area contributed by atoms with E-state index in [0.717, 1.165) is 30.5 Å². The number of hydrogen-bond donors (Lipinski definition) is 1. The second-order valence-corrected chi connectivity index (χ2v) is 4.86. The van der Waals surface area contributed by atoms with E-state index in [-0.39, 0.29) is 0 Å². The molecule has 0 atom stereocenters. The quantitative estimate of drug-likeness (QED) is 0.826. The Bertz CT molecular complexity index is 356. The van der Waals surface area contributed by atoms with Crippen molar-refractivity contribution in [2.45, 2.75) is 58.5 Å². The molecule has 1 saturated carbocycles. The zero-order chi connectivity index (χ0) is 11.5. The first kappa shape index (κ1) is 11.5. The van der Waals surface area contributed by atoms with E-state index in [1.54, 1.807) is 0 Å². The Morgan fingerprint density at radius 2 is 2.12 bits per heavy atom. The second kappa shape index (κ2) is 4.91. The standard InChI is InChI=1S/C13H21N3/c1-4-10-7-12(9(2)3)16-13(15-10)8-14-11-5-6-11/h7,9,11,14H,4-6,8H2,1-3H3. The molecule has 1 aliphatic rings. The number of nitrogens with zero attached hydrogens (tertiary/aromatic N) is 2. The fourth-order valence-electron chi connectivity index (χ4n) is 1.65. The van der Waals surface area contributed by atoms with E-state index >= 15 is 0 Å². The van der Waals surface area contributed by atoms with Crippen LogP contribution in [0.2, 0.25) is 0 Å². The van der Waals surface area contributed by atoms with Crippen LogP contribution in [0.15, 0.2) is 6.07 Å². The molecule has 0 radical (unpaired) electrons. The molecule has 0 unspecified atom stereocenters. The van der Waals surface area contributed by atoms with Gasteiger partial charge in [-0.25, -0.2) is 9.97 Å². The minimum absolute atomic E-state index is 0.480. The third-order valence-corrected chi connectivity index (χ3v) is 2.93. The predicted octanol–water partition coefficient (Wildman–Crippen LogP) is 2.41. The van der Waals surface area contributed by atoms with Crippen LogP contribution in [0.25, 0.3) is 0 Å². The van der Waals surface area contributed by atoms with Crippen molar-refractivity contribution in [3.8, 4) is 0 Å². The minimum Gasteiger partial charge on any atom is -0.307 e. The van der Waals surface area contributed by atoms with Crippen LogP contribution in [0.1, 0.15) is 56.7 Å². The molecule has 3 heteroatoms. The first-order chi connectivity index (χ1) is 7.69. The van der Waals surface area contributed by atoms with Crippen LogP contribution < -0.4 is 5.32 Å². The first-order valence-corrected chi connectivity index (χ1v) is 6.29. The molecule has 1 N–H and O–H groups in total. The lowest BCUT2D eigenvalue weighted by molar-refractivity contribution is 0.643. The van der Waals surface area contributed by atoms with Gasteiger partial charge in [0, 0.05) is 17.4 Å². The zero-order valence-corrected chi connectivity index (χ0v) is 10.5. The topological polar surface area (TPSA) is 37.8 Å². The third kappa shape index (κ3) is 3.01. The summed E-state index contributed by atoms with van der Waals surface area (Å²) < 4.78 is 0. The van der Waals surface area contributed by atoms with Crippen molar-refractivity contribution in [1.82, 2.24) is 15.3 Å². The van der Waals surface area contributed by atoms with Crippen molar-refractivity contribution < 1.29 is 0 Å². The summed E-state index contributed by atoms with van der Waals surface area (Å²) >= 11 is 0. The zero-order valence-electron chi connectivity index (χ0n) is 10.5. The van der Waals surface area contributed by atoms with Crippen molar-refractivity contribution in [3.05, 3.63) is 23.3 Å². The van der Waals surface area contributed by atoms with Gasteiger partial charge in [-0.3, -0.25) is 0 Å². The van der Waals surface area contributed by atoms with Crippen LogP contribution in [0.4, 0.5) is 0 Å². The summed E-state index contributed by atoms with van der Waals surface area (Å²) in [4.78, 5) is 9.17. The molecule has 1 aliphatic carbocycles. The molecule has 0 saturated heterocycles. The normalized spacial score (nSPS) is 15.8. The largest absolute Gasteiger partial charge is 0.307 e. The minimum atomic E-state index is 0.480. The van der Waals surface area contributed by atoms with Crippen LogP contribution in [0.3, 0.4) is 0 Å². The average Bonchev–Trinajstić information content (AvgIpc) is 3.09. The lowest BCUT2D eigenvalue weighted by atomic mass is 10.1. The van der Waals surface area contributed by atoms with Gasteiger partial charge in [-0.1, -0.05) is 20.8 Å². The van der Waals surface area contributed by atoms with E-state index in [1.165, 1.54) is 18.5 Å². The average molecular weight is 219 g/mol. The molecule has 1 aromatic heterocycles. The molecule has 2 rings (SSSR count). The number of aryl methyl sites for hydroxylation is 1. The molecule has 1 heterocycles. The van der Waals surface area contributed by atoms with Gasteiger partial charge in [0.25, 0.3) is 0 Å². The van der Waals surface area contributed by atoms with Gasteiger partial charge < -0.3 is 5.32 Å². The van der Waals surface area contributed by atoms with E-state index in [1.807, 2.05) is 0 Å². The number of nitrogens with one attached hydrogen (secondary N) is 1. The molecule has 3 nitrogen and oxygen atoms in total. The van der Waals surface area contributed by atoms with Gasteiger partial charge in [-0.2, -0.15) is 0 Å². The Labute approximate surface area is 97.7 Å². The summed E-state index contributed by atoms with van der Waals surface area (Å²) in [7, 11) is 0. The molecule has 0 aromatic carbocycles. The highest BCUT2D eigenvalue weighted by atomic mass is 15.0. The molecule has 0 amide bonds. The summed E-state index contributed by atoms with van der Waals surface area (Å²) in [5.41, 5.74) is 2.32. The monoisotopic (exact) mass is 219 g/mol. The fraction of sp³-hybridized carbons (Fsp3) is 0.692. The fourth-order valence-corrected chi connectivity index (χ4v) is 1.65. The lowest BCUT2D eigenvalue weighted by Gasteiger charge is -2.09. The van der Waals surface area contributed by atoms with Crippen LogP contribution in [0, 0.1) is 0 Å². The molecular weight excluding hydrogens is 198 g/mol. The maximum atomic E-state index is 4.61. The molecule has 16 heavy (non-hydrogen) atoms. The number of aromatic nitrogens is 2. The Balaban J connectivity index is 2.11. The van der Waals surface area contributed by atoms with Crippen LogP contribution >= 0.6 is 0 Å². The smallest absolute Gasteiger partial charge is 0.142 e. The van der Waals surface area contributed by atoms with E-state index in [0.29, 0.717) is 5.92 Å². The summed E-state index contributed by atoms with van der Waals surface area (Å²) in [6, 6.07) is 2.85. The Morgan fingerprint density at radius 1 is 1.38 bits per heavy atom. The summed E-state index contributed by atoms with van der Waals surface area (Å²) in [6.07, 6.45) is 3.60. The highest BCUT2D eigenvalue weighted by molar-refractivity contribution is 5.14. The van der Waals surface area contributed by atoms with Crippen molar-refractivity contribution in [2.75, 3.05) is 0 Å². The van der Waals surface area contributed by atoms with Gasteiger partial charge >= 0.3 is 0 Å². The van der Waals surface area contributed by atoms with Crippen molar-refractivity contribution in [3.63, 3.8) is 0 Å². The van der Waals surface area contributed by atoms with E-state index in [2.05, 4.69) is 42.1 Å². The summed E-state index contributed by atoms with van der Waals surface area (Å²) in [5, 5.41) is 3.47. The lowest BCUT2D eigenvalue weighted by Crippen LogP contribution is -2.18. The molecule has 1 fully saturated rings. The van der Waals surface area contributed by atoms with E-state index in [9.17, 15) is 0 Å². The number of rotatable bonds is 5. The van der Waals surface area contributed by atoms with Crippen molar-refractivity contribution in [2.24, 2.45) is 0 Å². The van der Waals surface area contributed by atoms with Crippen molar-refractivity contribution in [1.29, 1.82) is 0 Å². The first-order valence-electron chi connectivity index (χ1n) is 6.29. The van der Waals surface area contributed by atoms with E-state index < -0.39 is 0 Å². The van der Waals surface area contributed by atoms with Gasteiger partial charge in [0.05, 0.1) is 6.54 Å². The Kier molecular flexibility index (Phi) is 3.54. The highest BCUT2D eigenvalue weighted by Crippen LogP contribution is 2.19. The van der Waals surface area contributed by atoms with Crippen LogP contribution in [0.5, 0.6) is 0 Å². The van der Waals surface area contributed by atoms with Gasteiger partial charge in [-0.05, 0) is 31.2 Å². The molecule has 0 aliphatic heterocycles. The van der Waals surface area contributed by atoms with E-state index in [4.69, 9.17) is 0 Å². The molecule has 0 spiro atoms. The van der Waals surface area contributed by atoms with Gasteiger partial charge in [0.15, 0.2) is 0 Å². The Morgan fingerprint density at radius 3 is 2.69 bits per heavy atom. The van der Waals surface area contributed by atoms with Gasteiger partial charge in [-0.15, -0.1) is 0 Å². The van der Waals surface area contributed by atoms with Crippen molar-refractivity contribution >= 4 is 0 Å². The second-order valence-electron chi connectivity index (χ2n) is 4.86. The third-order valence-electron chi connectivity index (χ3n) is 2.93. The molecular formula is C13H21N3. The predicted molar refractivity (Wildman–Crippen MR) is 65.4 cm³/mol. The molecule has 0 bridgehead atoms.